The summed E-state index contributed by atoms with van der Waals surface area (Å²) in [6, 6.07) is 1.36. The summed E-state index contributed by atoms with van der Waals surface area (Å²) in [7, 11) is 0. The third-order valence-corrected chi connectivity index (χ3v) is 4.62. The minimum Gasteiger partial charge on any atom is -0.481 e. The Balaban J connectivity index is 0.00000261. The number of carbonyl (C=O) groups is 2. The maximum Gasteiger partial charge on any atom is 0.305 e. The topological polar surface area (TPSA) is 117 Å². The minimum absolute atomic E-state index is 0. The summed E-state index contributed by atoms with van der Waals surface area (Å²) >= 11 is 0. The molecule has 2 atom stereocenters. The van der Waals surface area contributed by atoms with E-state index in [1.54, 1.807) is 6.92 Å². The molecule has 1 aliphatic heterocycles. The Kier molecular flexibility index (Phi) is 6.31. The molecule has 1 aliphatic rings. The van der Waals surface area contributed by atoms with Crippen LogP contribution in [0.15, 0.2) is 10.9 Å². The van der Waals surface area contributed by atoms with Gasteiger partial charge in [-0.05, 0) is 18.7 Å². The fourth-order valence-electron chi connectivity index (χ4n) is 3.21. The van der Waals surface area contributed by atoms with Crippen LogP contribution in [-0.2, 0) is 60.7 Å². The molecule has 9 heteroatoms. The molecule has 143 valence electrons. The Hall–Kier alpha value is -1.54. The van der Waals surface area contributed by atoms with Crippen LogP contribution in [0.1, 0.15) is 38.7 Å². The summed E-state index contributed by atoms with van der Waals surface area (Å²) < 4.78 is 1.52. The fourth-order valence-corrected chi connectivity index (χ4v) is 3.21. The van der Waals surface area contributed by atoms with Crippen LogP contribution < -0.4 is 10.9 Å². The SMILES string of the molecule is [CH2-]C(C)(C)c1cc2nc3n(c(=O)c2[nH]1)C[C@H](C(=O)N[C@H](C)CC(=O)O)C3.[Y]. The van der Waals surface area contributed by atoms with Crippen molar-refractivity contribution in [3.63, 3.8) is 0 Å². The van der Waals surface area contributed by atoms with Gasteiger partial charge in [0.1, 0.15) is 11.3 Å². The average Bonchev–Trinajstić information content (AvgIpc) is 3.10. The Labute approximate surface area is 182 Å². The van der Waals surface area contributed by atoms with Gasteiger partial charge in [0, 0.05) is 51.7 Å². The number of aromatic nitrogens is 3. The van der Waals surface area contributed by atoms with Gasteiger partial charge in [0.15, 0.2) is 0 Å². The van der Waals surface area contributed by atoms with Gasteiger partial charge in [0.2, 0.25) is 5.91 Å². The van der Waals surface area contributed by atoms with E-state index < -0.39 is 17.9 Å². The first-order chi connectivity index (χ1) is 12.1. The zero-order valence-corrected chi connectivity index (χ0v) is 18.5. The van der Waals surface area contributed by atoms with Crippen molar-refractivity contribution < 1.29 is 47.4 Å². The van der Waals surface area contributed by atoms with Crippen LogP contribution in [0.4, 0.5) is 0 Å². The van der Waals surface area contributed by atoms with Crippen molar-refractivity contribution in [1.29, 1.82) is 0 Å². The predicted molar refractivity (Wildman–Crippen MR) is 95.8 cm³/mol. The number of amides is 1. The number of nitrogens with zero attached hydrogens (tertiary/aromatic N) is 2. The normalized spacial score (nSPS) is 17.3. The molecule has 1 amide bonds. The average molecular weight is 448 g/mol. The third kappa shape index (κ3) is 4.49. The van der Waals surface area contributed by atoms with Crippen molar-refractivity contribution >= 4 is 22.9 Å². The summed E-state index contributed by atoms with van der Waals surface area (Å²) in [6.45, 7) is 9.84. The Morgan fingerprint density at radius 3 is 2.78 bits per heavy atom. The molecular formula is C18H23N4O4Y-. The molecule has 1 radical (unpaired) electrons. The summed E-state index contributed by atoms with van der Waals surface area (Å²) in [5.74, 6) is -1.08. The second-order valence-corrected chi connectivity index (χ2v) is 7.68. The zero-order valence-electron chi connectivity index (χ0n) is 15.7. The van der Waals surface area contributed by atoms with Gasteiger partial charge < -0.3 is 22.3 Å². The van der Waals surface area contributed by atoms with Crippen LogP contribution in [0.5, 0.6) is 0 Å². The molecule has 2 aromatic rings. The molecule has 0 aromatic carbocycles. The quantitative estimate of drug-likeness (QED) is 0.590. The van der Waals surface area contributed by atoms with E-state index in [0.717, 1.165) is 5.69 Å². The van der Waals surface area contributed by atoms with Crippen LogP contribution in [0.3, 0.4) is 0 Å². The zero-order chi connectivity index (χ0) is 19.2. The van der Waals surface area contributed by atoms with E-state index in [4.69, 9.17) is 5.11 Å². The number of hydrogen-bond donors (Lipinski definition) is 3. The van der Waals surface area contributed by atoms with Gasteiger partial charge in [0.25, 0.3) is 5.56 Å². The molecule has 0 bridgehead atoms. The number of nitrogens with one attached hydrogen (secondary N) is 2. The maximum absolute atomic E-state index is 12.8. The van der Waals surface area contributed by atoms with Crippen LogP contribution in [-0.4, -0.2) is 37.6 Å². The first-order valence-corrected chi connectivity index (χ1v) is 8.56. The smallest absolute Gasteiger partial charge is 0.305 e. The van der Waals surface area contributed by atoms with E-state index in [2.05, 4.69) is 22.2 Å². The summed E-state index contributed by atoms with van der Waals surface area (Å²) in [6.07, 6.45) is 0.210. The van der Waals surface area contributed by atoms with Crippen molar-refractivity contribution in [3.05, 3.63) is 34.9 Å². The number of aromatic amines is 1. The summed E-state index contributed by atoms with van der Waals surface area (Å²) in [5, 5.41) is 11.5. The van der Waals surface area contributed by atoms with E-state index >= 15 is 0 Å². The number of carboxylic acid groups (broad SMARTS) is 1. The molecule has 0 spiro atoms. The predicted octanol–water partition coefficient (Wildman–Crippen LogP) is 0.985. The molecule has 0 saturated carbocycles. The first-order valence-electron chi connectivity index (χ1n) is 8.56. The van der Waals surface area contributed by atoms with Crippen molar-refractivity contribution in [1.82, 2.24) is 19.9 Å². The van der Waals surface area contributed by atoms with E-state index in [-0.39, 0.29) is 62.6 Å². The molecule has 0 unspecified atom stereocenters. The maximum atomic E-state index is 12.8. The van der Waals surface area contributed by atoms with Crippen LogP contribution >= 0.6 is 0 Å². The minimum atomic E-state index is -0.969. The molecule has 3 heterocycles. The van der Waals surface area contributed by atoms with Crippen molar-refractivity contribution in [2.45, 2.75) is 51.6 Å². The van der Waals surface area contributed by atoms with Gasteiger partial charge in [-0.3, -0.25) is 19.0 Å². The van der Waals surface area contributed by atoms with E-state index in [9.17, 15) is 14.4 Å². The van der Waals surface area contributed by atoms with Gasteiger partial charge >= 0.3 is 5.97 Å². The van der Waals surface area contributed by atoms with Crippen molar-refractivity contribution in [2.24, 2.45) is 5.92 Å². The number of aliphatic carboxylic acids is 1. The third-order valence-electron chi connectivity index (χ3n) is 4.62. The van der Waals surface area contributed by atoms with Crippen molar-refractivity contribution in [3.8, 4) is 0 Å². The number of H-pyrrole nitrogens is 1. The summed E-state index contributed by atoms with van der Waals surface area (Å²) in [5.41, 5.74) is 1.26. The number of fused-ring (bicyclic) bond motifs is 2. The van der Waals surface area contributed by atoms with Gasteiger partial charge in [-0.2, -0.15) is 0 Å². The second-order valence-electron chi connectivity index (χ2n) is 7.68. The molecule has 0 aliphatic carbocycles. The van der Waals surface area contributed by atoms with Crippen LogP contribution in [0.25, 0.3) is 11.0 Å². The largest absolute Gasteiger partial charge is 0.481 e. The number of rotatable bonds is 5. The monoisotopic (exact) mass is 448 g/mol. The number of carboxylic acids is 1. The van der Waals surface area contributed by atoms with Gasteiger partial charge in [-0.1, -0.05) is 13.8 Å². The molecule has 8 nitrogen and oxygen atoms in total. The second kappa shape index (κ2) is 7.83. The first kappa shape index (κ1) is 21.8. The Morgan fingerprint density at radius 2 is 2.19 bits per heavy atom. The molecule has 27 heavy (non-hydrogen) atoms. The molecule has 0 saturated heterocycles. The number of hydrogen-bond acceptors (Lipinski definition) is 4. The standard InChI is InChI=1S/C18H23N4O4.Y/c1-9(5-14(23)24)19-16(25)10-6-13-20-11-7-12(18(2,3)4)21-15(11)17(26)22(13)8-10;/h7,9-10,21H,2,5-6,8H2,1,3-4H3,(H,19,25)(H,23,24);/q-1;/t9-,10-;/m1./s1. The van der Waals surface area contributed by atoms with Crippen LogP contribution in [0, 0.1) is 12.8 Å². The van der Waals surface area contributed by atoms with E-state index in [0.29, 0.717) is 23.3 Å². The van der Waals surface area contributed by atoms with Gasteiger partial charge in [0.05, 0.1) is 17.9 Å². The summed E-state index contributed by atoms with van der Waals surface area (Å²) in [4.78, 5) is 43.5. The molecule has 0 fully saturated rings. The van der Waals surface area contributed by atoms with Crippen LogP contribution in [0.2, 0.25) is 0 Å². The fraction of sp³-hybridized carbons (Fsp3) is 0.500. The van der Waals surface area contributed by atoms with Gasteiger partial charge in [-0.15, -0.1) is 5.41 Å². The molecule has 3 N–H and O–H groups in total. The number of carbonyl (C=O) groups excluding carboxylic acids is 1. The van der Waals surface area contributed by atoms with E-state index in [1.165, 1.54) is 4.57 Å². The molecular weight excluding hydrogens is 425 g/mol. The van der Waals surface area contributed by atoms with Crippen molar-refractivity contribution in [2.75, 3.05) is 0 Å². The van der Waals surface area contributed by atoms with E-state index in [1.807, 2.05) is 19.9 Å². The molecule has 2 aromatic heterocycles. The molecule has 3 rings (SSSR count). The van der Waals surface area contributed by atoms with Gasteiger partial charge in [-0.25, -0.2) is 4.98 Å². The Morgan fingerprint density at radius 1 is 1.52 bits per heavy atom. The Bertz CT molecular complexity index is 941.